The Morgan fingerprint density at radius 2 is 1.88 bits per heavy atom. The molecule has 0 saturated carbocycles. The number of urea groups is 1. The van der Waals surface area contributed by atoms with Gasteiger partial charge in [-0.15, -0.1) is 0 Å². The van der Waals surface area contributed by atoms with Crippen molar-refractivity contribution in [3.8, 4) is 11.5 Å². The third-order valence-electron chi connectivity index (χ3n) is 3.23. The van der Waals surface area contributed by atoms with Crippen LogP contribution in [0, 0.1) is 0 Å². The van der Waals surface area contributed by atoms with E-state index in [2.05, 4.69) is 15.6 Å². The molecule has 24 heavy (non-hydrogen) atoms. The molecule has 0 aliphatic carbocycles. The molecule has 1 heterocycles. The molecule has 2 aromatic carbocycles. The van der Waals surface area contributed by atoms with Gasteiger partial charge in [0, 0.05) is 0 Å². The van der Waals surface area contributed by atoms with Crippen molar-refractivity contribution in [1.29, 1.82) is 0 Å². The summed E-state index contributed by atoms with van der Waals surface area (Å²) in [5.74, 6) is 1.50. The Bertz CT molecular complexity index is 784. The number of carbonyl (C=O) groups excluding carboxylic acids is 1. The zero-order valence-corrected chi connectivity index (χ0v) is 13.9. The van der Waals surface area contributed by atoms with Gasteiger partial charge in [0.25, 0.3) is 0 Å². The molecular weight excluding hydrogens is 326 g/mol. The van der Waals surface area contributed by atoms with Crippen molar-refractivity contribution in [2.75, 3.05) is 25.6 Å². The van der Waals surface area contributed by atoms with E-state index < -0.39 is 0 Å². The molecule has 0 saturated heterocycles. The van der Waals surface area contributed by atoms with Crippen LogP contribution in [0.1, 0.15) is 0 Å². The van der Waals surface area contributed by atoms with Crippen molar-refractivity contribution in [3.05, 3.63) is 48.5 Å². The summed E-state index contributed by atoms with van der Waals surface area (Å²) in [5, 5.41) is 6.04. The predicted molar refractivity (Wildman–Crippen MR) is 95.1 cm³/mol. The molecule has 0 atom stereocenters. The minimum Gasteiger partial charge on any atom is -0.497 e. The van der Waals surface area contributed by atoms with Crippen molar-refractivity contribution in [3.63, 3.8) is 0 Å². The lowest BCUT2D eigenvalue weighted by Crippen LogP contribution is -2.32. The summed E-state index contributed by atoms with van der Waals surface area (Å²) in [7, 11) is 1.61. The number of hydrogen-bond donors (Lipinski definition) is 2. The number of anilines is 1. The molecule has 2 N–H and O–H groups in total. The highest BCUT2D eigenvalue weighted by atomic mass is 32.1. The molecular formula is C17H17N3O3S. The van der Waals surface area contributed by atoms with Gasteiger partial charge in [0.15, 0.2) is 5.13 Å². The fourth-order valence-corrected chi connectivity index (χ4v) is 2.93. The highest BCUT2D eigenvalue weighted by Gasteiger charge is 2.06. The molecule has 0 fully saturated rings. The Kier molecular flexibility index (Phi) is 5.12. The number of nitrogens with zero attached hydrogens (tertiary/aromatic N) is 1. The number of ether oxygens (including phenoxy) is 2. The fraction of sp³-hybridized carbons (Fsp3) is 0.176. The molecule has 0 radical (unpaired) electrons. The van der Waals surface area contributed by atoms with Gasteiger partial charge in [-0.1, -0.05) is 23.5 Å². The van der Waals surface area contributed by atoms with Crippen LogP contribution >= 0.6 is 11.3 Å². The maximum atomic E-state index is 11.9. The Morgan fingerprint density at radius 3 is 2.62 bits per heavy atom. The second-order valence-corrected chi connectivity index (χ2v) is 5.92. The number of benzene rings is 2. The Morgan fingerprint density at radius 1 is 1.12 bits per heavy atom. The Labute approximate surface area is 143 Å². The first-order chi connectivity index (χ1) is 11.7. The lowest BCUT2D eigenvalue weighted by atomic mass is 10.3. The second-order valence-electron chi connectivity index (χ2n) is 4.89. The number of nitrogens with one attached hydrogen (secondary N) is 2. The summed E-state index contributed by atoms with van der Waals surface area (Å²) in [6, 6.07) is 14.7. The number of hydrogen-bond acceptors (Lipinski definition) is 5. The van der Waals surface area contributed by atoms with Gasteiger partial charge in [0.1, 0.15) is 18.1 Å². The third-order valence-corrected chi connectivity index (χ3v) is 4.18. The van der Waals surface area contributed by atoms with Gasteiger partial charge in [-0.2, -0.15) is 0 Å². The van der Waals surface area contributed by atoms with E-state index in [0.29, 0.717) is 18.3 Å². The van der Waals surface area contributed by atoms with E-state index >= 15 is 0 Å². The zero-order valence-electron chi connectivity index (χ0n) is 13.1. The largest absolute Gasteiger partial charge is 0.497 e. The van der Waals surface area contributed by atoms with Gasteiger partial charge in [-0.3, -0.25) is 5.32 Å². The van der Waals surface area contributed by atoms with E-state index in [0.717, 1.165) is 21.7 Å². The molecule has 6 nitrogen and oxygen atoms in total. The lowest BCUT2D eigenvalue weighted by Gasteiger charge is -2.08. The number of aromatic nitrogens is 1. The summed E-state index contributed by atoms with van der Waals surface area (Å²) < 4.78 is 11.7. The van der Waals surface area contributed by atoms with Crippen LogP contribution in [-0.2, 0) is 0 Å². The third kappa shape index (κ3) is 4.14. The summed E-state index contributed by atoms with van der Waals surface area (Å²) in [6.07, 6.45) is 0. The smallest absolute Gasteiger partial charge is 0.321 e. The van der Waals surface area contributed by atoms with E-state index in [1.807, 2.05) is 48.5 Å². The molecule has 0 unspecified atom stereocenters. The quantitative estimate of drug-likeness (QED) is 0.672. The van der Waals surface area contributed by atoms with Crippen molar-refractivity contribution < 1.29 is 14.3 Å². The van der Waals surface area contributed by atoms with E-state index in [-0.39, 0.29) is 6.03 Å². The molecule has 0 bridgehead atoms. The second kappa shape index (κ2) is 7.65. The van der Waals surface area contributed by atoms with Crippen LogP contribution in [0.25, 0.3) is 10.2 Å². The van der Waals surface area contributed by atoms with Crippen LogP contribution in [0.2, 0.25) is 0 Å². The van der Waals surface area contributed by atoms with Crippen LogP contribution in [0.5, 0.6) is 11.5 Å². The Hall–Kier alpha value is -2.80. The van der Waals surface area contributed by atoms with Crippen LogP contribution in [-0.4, -0.2) is 31.3 Å². The molecule has 0 aliphatic rings. The highest BCUT2D eigenvalue weighted by molar-refractivity contribution is 7.22. The number of fused-ring (bicyclic) bond motifs is 1. The van der Waals surface area contributed by atoms with E-state index in [1.54, 1.807) is 7.11 Å². The van der Waals surface area contributed by atoms with E-state index in [1.165, 1.54) is 11.3 Å². The first-order valence-corrected chi connectivity index (χ1v) is 8.23. The summed E-state index contributed by atoms with van der Waals surface area (Å²) in [4.78, 5) is 16.2. The number of methoxy groups -OCH3 is 1. The molecule has 2 amide bonds. The number of amides is 2. The molecule has 0 spiro atoms. The molecule has 0 aliphatic heterocycles. The van der Waals surface area contributed by atoms with Crippen molar-refractivity contribution in [2.24, 2.45) is 0 Å². The average Bonchev–Trinajstić information content (AvgIpc) is 3.01. The predicted octanol–water partition coefficient (Wildman–Crippen LogP) is 3.51. The fourth-order valence-electron chi connectivity index (χ4n) is 2.07. The molecule has 124 valence electrons. The maximum Gasteiger partial charge on any atom is 0.321 e. The molecule has 3 aromatic rings. The van der Waals surface area contributed by atoms with Crippen molar-refractivity contribution in [2.45, 2.75) is 0 Å². The number of para-hydroxylation sites is 1. The zero-order chi connectivity index (χ0) is 16.8. The summed E-state index contributed by atoms with van der Waals surface area (Å²) in [6.45, 7) is 0.766. The normalized spacial score (nSPS) is 10.4. The standard InChI is InChI=1S/C17H17N3O3S/c1-22-12-6-8-13(9-7-12)23-11-10-18-16(21)20-17-19-14-4-2-3-5-15(14)24-17/h2-9H,10-11H2,1H3,(H2,18,19,20,21). The van der Waals surface area contributed by atoms with Gasteiger partial charge in [0.2, 0.25) is 0 Å². The van der Waals surface area contributed by atoms with Gasteiger partial charge >= 0.3 is 6.03 Å². The first kappa shape index (κ1) is 16.1. The number of carbonyl (C=O) groups is 1. The minimum absolute atomic E-state index is 0.299. The van der Waals surface area contributed by atoms with Gasteiger partial charge in [-0.05, 0) is 36.4 Å². The van der Waals surface area contributed by atoms with Gasteiger partial charge < -0.3 is 14.8 Å². The molecule has 7 heteroatoms. The maximum absolute atomic E-state index is 11.9. The highest BCUT2D eigenvalue weighted by Crippen LogP contribution is 2.25. The van der Waals surface area contributed by atoms with Crippen LogP contribution < -0.4 is 20.1 Å². The SMILES string of the molecule is COc1ccc(OCCNC(=O)Nc2nc3ccccc3s2)cc1. The van der Waals surface area contributed by atoms with E-state index in [9.17, 15) is 4.79 Å². The van der Waals surface area contributed by atoms with E-state index in [4.69, 9.17) is 9.47 Å². The first-order valence-electron chi connectivity index (χ1n) is 7.42. The minimum atomic E-state index is -0.299. The number of thiazole rings is 1. The number of rotatable bonds is 6. The lowest BCUT2D eigenvalue weighted by molar-refractivity contribution is 0.247. The Balaban J connectivity index is 1.42. The van der Waals surface area contributed by atoms with Crippen LogP contribution in [0.4, 0.5) is 9.93 Å². The van der Waals surface area contributed by atoms with Crippen molar-refractivity contribution >= 4 is 32.7 Å². The average molecular weight is 343 g/mol. The molecule has 1 aromatic heterocycles. The summed E-state index contributed by atoms with van der Waals surface area (Å²) >= 11 is 1.44. The van der Waals surface area contributed by atoms with Gasteiger partial charge in [0.05, 0.1) is 23.9 Å². The van der Waals surface area contributed by atoms with Crippen LogP contribution in [0.3, 0.4) is 0 Å². The monoisotopic (exact) mass is 343 g/mol. The van der Waals surface area contributed by atoms with Crippen molar-refractivity contribution in [1.82, 2.24) is 10.3 Å². The van der Waals surface area contributed by atoms with Gasteiger partial charge in [-0.25, -0.2) is 9.78 Å². The van der Waals surface area contributed by atoms with Crippen LogP contribution in [0.15, 0.2) is 48.5 Å². The molecule has 3 rings (SSSR count). The summed E-state index contributed by atoms with van der Waals surface area (Å²) in [5.41, 5.74) is 0.876. The topological polar surface area (TPSA) is 72.5 Å².